The minimum atomic E-state index is -0.135. The number of hydrogen-bond donors (Lipinski definition) is 1. The Balaban J connectivity index is 0.00000225. The summed E-state index contributed by atoms with van der Waals surface area (Å²) in [5.41, 5.74) is 0.728. The molecule has 90 valence electrons. The molecule has 0 aliphatic rings. The van der Waals surface area contributed by atoms with Gasteiger partial charge in [0, 0.05) is 30.2 Å². The lowest BCUT2D eigenvalue weighted by Gasteiger charge is -2.04. The molecule has 1 aromatic carbocycles. The first-order valence-electron chi connectivity index (χ1n) is 4.97. The minimum absolute atomic E-state index is 0. The van der Waals surface area contributed by atoms with Crippen LogP contribution in [0.1, 0.15) is 5.56 Å². The monoisotopic (exact) mass is 261 g/mol. The molecule has 0 fully saturated rings. The summed E-state index contributed by atoms with van der Waals surface area (Å²) in [5.74, 6) is 1.87. The van der Waals surface area contributed by atoms with Crippen molar-refractivity contribution in [2.75, 3.05) is 18.1 Å². The molecule has 1 aromatic rings. The molecule has 1 N–H and O–H groups in total. The molecular formula is C12H17ClFNS. The van der Waals surface area contributed by atoms with Crippen LogP contribution < -0.4 is 5.32 Å². The quantitative estimate of drug-likeness (QED) is 0.597. The molecule has 0 bridgehead atoms. The van der Waals surface area contributed by atoms with E-state index in [1.54, 1.807) is 12.1 Å². The van der Waals surface area contributed by atoms with Gasteiger partial charge < -0.3 is 5.32 Å². The van der Waals surface area contributed by atoms with E-state index < -0.39 is 0 Å². The molecule has 0 atom stereocenters. The largest absolute Gasteiger partial charge is 0.312 e. The maximum absolute atomic E-state index is 13.2. The zero-order chi connectivity index (χ0) is 10.9. The van der Waals surface area contributed by atoms with E-state index in [1.165, 1.54) is 6.07 Å². The van der Waals surface area contributed by atoms with Gasteiger partial charge in [-0.15, -0.1) is 19.0 Å². The zero-order valence-electron chi connectivity index (χ0n) is 9.12. The maximum Gasteiger partial charge on any atom is 0.127 e. The third kappa shape index (κ3) is 6.16. The predicted molar refractivity (Wildman–Crippen MR) is 72.9 cm³/mol. The normalized spacial score (nSPS) is 9.56. The average Bonchev–Trinajstić information content (AvgIpc) is 2.25. The molecule has 0 amide bonds. The molecule has 1 rings (SSSR count). The number of hydrogen-bond acceptors (Lipinski definition) is 2. The molecule has 0 spiro atoms. The Labute approximate surface area is 107 Å². The highest BCUT2D eigenvalue weighted by Crippen LogP contribution is 2.05. The predicted octanol–water partition coefficient (Wildman–Crippen LogP) is 3.26. The van der Waals surface area contributed by atoms with Gasteiger partial charge in [-0.2, -0.15) is 11.8 Å². The van der Waals surface area contributed by atoms with Gasteiger partial charge in [-0.05, 0) is 6.07 Å². The summed E-state index contributed by atoms with van der Waals surface area (Å²) in [4.78, 5) is 0. The second-order valence-corrected chi connectivity index (χ2v) is 4.28. The minimum Gasteiger partial charge on any atom is -0.312 e. The number of rotatable bonds is 7. The van der Waals surface area contributed by atoms with E-state index in [9.17, 15) is 4.39 Å². The van der Waals surface area contributed by atoms with Gasteiger partial charge in [0.25, 0.3) is 0 Å². The Morgan fingerprint density at radius 3 is 2.81 bits per heavy atom. The molecule has 1 nitrogen and oxygen atoms in total. The molecule has 0 aliphatic heterocycles. The first kappa shape index (κ1) is 15.5. The fourth-order valence-electron chi connectivity index (χ4n) is 1.18. The fourth-order valence-corrected chi connectivity index (χ4v) is 1.80. The number of benzene rings is 1. The van der Waals surface area contributed by atoms with Crippen LogP contribution in [0.15, 0.2) is 36.9 Å². The topological polar surface area (TPSA) is 12.0 Å². The van der Waals surface area contributed by atoms with Gasteiger partial charge in [0.2, 0.25) is 0 Å². The Morgan fingerprint density at radius 1 is 1.38 bits per heavy atom. The van der Waals surface area contributed by atoms with E-state index in [0.29, 0.717) is 6.54 Å². The standard InChI is InChI=1S/C12H16FNS.ClH/c1-2-8-15-9-7-14-10-11-5-3-4-6-12(11)13;/h2-6,14H,1,7-10H2;1H. The smallest absolute Gasteiger partial charge is 0.127 e. The van der Waals surface area contributed by atoms with Crippen LogP contribution in [0.3, 0.4) is 0 Å². The van der Waals surface area contributed by atoms with E-state index in [2.05, 4.69) is 11.9 Å². The molecule has 0 unspecified atom stereocenters. The molecule has 0 saturated heterocycles. The summed E-state index contributed by atoms with van der Waals surface area (Å²) < 4.78 is 13.2. The van der Waals surface area contributed by atoms with Crippen molar-refractivity contribution in [3.05, 3.63) is 48.3 Å². The van der Waals surface area contributed by atoms with E-state index in [1.807, 2.05) is 23.9 Å². The van der Waals surface area contributed by atoms with Gasteiger partial charge in [-0.3, -0.25) is 0 Å². The lowest BCUT2D eigenvalue weighted by Crippen LogP contribution is -2.17. The Hall–Kier alpha value is -0.510. The first-order chi connectivity index (χ1) is 7.34. The van der Waals surface area contributed by atoms with Crippen molar-refractivity contribution in [3.8, 4) is 0 Å². The van der Waals surface area contributed by atoms with Crippen LogP contribution in [-0.2, 0) is 6.54 Å². The van der Waals surface area contributed by atoms with Crippen LogP contribution in [0.2, 0.25) is 0 Å². The third-order valence-corrected chi connectivity index (χ3v) is 2.90. The van der Waals surface area contributed by atoms with Crippen molar-refractivity contribution in [2.24, 2.45) is 0 Å². The van der Waals surface area contributed by atoms with Crippen molar-refractivity contribution in [1.29, 1.82) is 0 Å². The third-order valence-electron chi connectivity index (χ3n) is 1.93. The maximum atomic E-state index is 13.2. The first-order valence-corrected chi connectivity index (χ1v) is 6.13. The van der Waals surface area contributed by atoms with Gasteiger partial charge in [0.05, 0.1) is 0 Å². The summed E-state index contributed by atoms with van der Waals surface area (Å²) in [7, 11) is 0. The van der Waals surface area contributed by atoms with Gasteiger partial charge in [0.15, 0.2) is 0 Å². The van der Waals surface area contributed by atoms with E-state index in [-0.39, 0.29) is 18.2 Å². The van der Waals surface area contributed by atoms with Crippen molar-refractivity contribution in [2.45, 2.75) is 6.54 Å². The molecular weight excluding hydrogens is 245 g/mol. The van der Waals surface area contributed by atoms with Crippen LogP contribution in [0, 0.1) is 5.82 Å². The van der Waals surface area contributed by atoms with Crippen molar-refractivity contribution < 1.29 is 4.39 Å². The van der Waals surface area contributed by atoms with Crippen molar-refractivity contribution >= 4 is 24.2 Å². The Bertz CT molecular complexity index is 307. The van der Waals surface area contributed by atoms with E-state index in [4.69, 9.17) is 0 Å². The summed E-state index contributed by atoms with van der Waals surface area (Å²) in [5, 5.41) is 3.21. The summed E-state index contributed by atoms with van der Waals surface area (Å²) in [6.07, 6.45) is 1.89. The molecule has 0 heterocycles. The highest BCUT2D eigenvalue weighted by Gasteiger charge is 1.98. The van der Waals surface area contributed by atoms with Gasteiger partial charge in [-0.25, -0.2) is 4.39 Å². The van der Waals surface area contributed by atoms with E-state index in [0.717, 1.165) is 23.6 Å². The molecule has 0 saturated carbocycles. The number of nitrogens with one attached hydrogen (secondary N) is 1. The van der Waals surface area contributed by atoms with Crippen molar-refractivity contribution in [3.63, 3.8) is 0 Å². The van der Waals surface area contributed by atoms with Crippen LogP contribution >= 0.6 is 24.2 Å². The number of halogens is 2. The Morgan fingerprint density at radius 2 is 2.12 bits per heavy atom. The lowest BCUT2D eigenvalue weighted by molar-refractivity contribution is 0.594. The second-order valence-electron chi connectivity index (χ2n) is 3.13. The molecule has 16 heavy (non-hydrogen) atoms. The summed E-state index contributed by atoms with van der Waals surface area (Å²) in [6, 6.07) is 6.86. The Kier molecular flexibility index (Phi) is 9.39. The van der Waals surface area contributed by atoms with Gasteiger partial charge in [0.1, 0.15) is 5.82 Å². The van der Waals surface area contributed by atoms with Gasteiger partial charge >= 0.3 is 0 Å². The highest BCUT2D eigenvalue weighted by atomic mass is 35.5. The van der Waals surface area contributed by atoms with Crippen molar-refractivity contribution in [1.82, 2.24) is 5.32 Å². The van der Waals surface area contributed by atoms with Crippen LogP contribution in [-0.4, -0.2) is 18.1 Å². The zero-order valence-corrected chi connectivity index (χ0v) is 10.7. The van der Waals surface area contributed by atoms with E-state index >= 15 is 0 Å². The molecule has 0 aliphatic carbocycles. The van der Waals surface area contributed by atoms with Crippen LogP contribution in [0.4, 0.5) is 4.39 Å². The lowest BCUT2D eigenvalue weighted by atomic mass is 10.2. The second kappa shape index (κ2) is 9.70. The van der Waals surface area contributed by atoms with Crippen LogP contribution in [0.25, 0.3) is 0 Å². The number of thioether (sulfide) groups is 1. The summed E-state index contributed by atoms with van der Waals surface area (Å²) >= 11 is 1.82. The fraction of sp³-hybridized carbons (Fsp3) is 0.333. The average molecular weight is 262 g/mol. The van der Waals surface area contributed by atoms with Crippen LogP contribution in [0.5, 0.6) is 0 Å². The molecule has 0 radical (unpaired) electrons. The highest BCUT2D eigenvalue weighted by molar-refractivity contribution is 7.99. The SMILES string of the molecule is C=CCSCCNCc1ccccc1F.Cl. The molecule has 4 heteroatoms. The van der Waals surface area contributed by atoms with Gasteiger partial charge in [-0.1, -0.05) is 24.3 Å². The summed E-state index contributed by atoms with van der Waals surface area (Å²) in [6.45, 7) is 5.14. The molecule has 0 aromatic heterocycles.